The summed E-state index contributed by atoms with van der Waals surface area (Å²) in [5.74, 6) is 0.154. The second-order valence-electron chi connectivity index (χ2n) is 5.97. The molecule has 0 saturated heterocycles. The second-order valence-corrected chi connectivity index (χ2v) is 5.97. The highest BCUT2D eigenvalue weighted by molar-refractivity contribution is 5.90. The molecule has 2 aromatic carbocycles. The Bertz CT molecular complexity index is 1270. The molecule has 2 heterocycles. The normalized spacial score (nSPS) is 10.8. The summed E-state index contributed by atoms with van der Waals surface area (Å²) in [6.07, 6.45) is 5.15. The van der Waals surface area contributed by atoms with Gasteiger partial charge in [0.2, 0.25) is 5.95 Å². The van der Waals surface area contributed by atoms with Gasteiger partial charge in [0.1, 0.15) is 11.6 Å². The molecule has 0 aliphatic rings. The number of hydrazone groups is 1. The van der Waals surface area contributed by atoms with E-state index < -0.39 is 5.56 Å². The van der Waals surface area contributed by atoms with Gasteiger partial charge in [-0.3, -0.25) is 14.8 Å². The Balaban J connectivity index is 1.62. The zero-order valence-corrected chi connectivity index (χ0v) is 14.6. The minimum atomic E-state index is -0.522. The van der Waals surface area contributed by atoms with Gasteiger partial charge < -0.3 is 0 Å². The Hall–Kier alpha value is -4.31. The molecule has 7 heteroatoms. The van der Waals surface area contributed by atoms with Gasteiger partial charge in [-0.25, -0.2) is 10.4 Å². The summed E-state index contributed by atoms with van der Waals surface area (Å²) in [4.78, 5) is 23.2. The van der Waals surface area contributed by atoms with Crippen LogP contribution in [0.25, 0.3) is 22.0 Å². The zero-order valence-electron chi connectivity index (χ0n) is 14.6. The van der Waals surface area contributed by atoms with Crippen LogP contribution >= 0.6 is 0 Å². The molecule has 7 nitrogen and oxygen atoms in total. The van der Waals surface area contributed by atoms with E-state index in [9.17, 15) is 10.1 Å². The average Bonchev–Trinajstić information content (AvgIpc) is 2.74. The van der Waals surface area contributed by atoms with Gasteiger partial charge in [0.15, 0.2) is 0 Å². The van der Waals surface area contributed by atoms with Crippen molar-refractivity contribution in [1.82, 2.24) is 15.0 Å². The quantitative estimate of drug-likeness (QED) is 0.426. The van der Waals surface area contributed by atoms with E-state index in [1.165, 1.54) is 0 Å². The lowest BCUT2D eigenvalue weighted by molar-refractivity contribution is 1.08. The first kappa shape index (κ1) is 17.1. The SMILES string of the molecule is N#Cc1c(-c2ccccc2)nc(NN=Cc2ccc3ccncc3c2)[nH]c1=O. The maximum Gasteiger partial charge on any atom is 0.270 e. The van der Waals surface area contributed by atoms with E-state index in [1.807, 2.05) is 48.5 Å². The van der Waals surface area contributed by atoms with Gasteiger partial charge in [-0.2, -0.15) is 10.4 Å². The van der Waals surface area contributed by atoms with Crippen LogP contribution < -0.4 is 11.0 Å². The van der Waals surface area contributed by atoms with Gasteiger partial charge in [0.25, 0.3) is 5.56 Å². The van der Waals surface area contributed by atoms with Crippen molar-refractivity contribution in [2.75, 3.05) is 5.43 Å². The highest BCUT2D eigenvalue weighted by Gasteiger charge is 2.12. The maximum atomic E-state index is 12.2. The lowest BCUT2D eigenvalue weighted by atomic mass is 10.1. The number of nitrogens with one attached hydrogen (secondary N) is 2. The number of benzene rings is 2. The van der Waals surface area contributed by atoms with Crippen LogP contribution in [-0.4, -0.2) is 21.2 Å². The Kier molecular flexibility index (Phi) is 4.59. The van der Waals surface area contributed by atoms with Crippen LogP contribution in [0.3, 0.4) is 0 Å². The predicted molar refractivity (Wildman–Crippen MR) is 108 cm³/mol. The van der Waals surface area contributed by atoms with Gasteiger partial charge in [-0.1, -0.05) is 42.5 Å². The van der Waals surface area contributed by atoms with Crippen molar-refractivity contribution in [3.05, 3.63) is 88.5 Å². The van der Waals surface area contributed by atoms with Crippen LogP contribution in [0.15, 0.2) is 76.9 Å². The predicted octanol–water partition coefficient (Wildman–Crippen LogP) is 3.30. The monoisotopic (exact) mass is 366 g/mol. The number of nitriles is 1. The van der Waals surface area contributed by atoms with Crippen molar-refractivity contribution in [3.63, 3.8) is 0 Å². The van der Waals surface area contributed by atoms with Crippen molar-refractivity contribution >= 4 is 22.9 Å². The standard InChI is InChI=1S/C21H14N6O/c22-11-18-19(16-4-2-1-3-5-16)25-21(26-20(18)28)27-24-12-14-6-7-15-8-9-23-13-17(15)10-14/h1-10,12-13H,(H2,25,26,27,28). The number of nitrogens with zero attached hydrogens (tertiary/aromatic N) is 4. The first-order valence-electron chi connectivity index (χ1n) is 8.47. The van der Waals surface area contributed by atoms with E-state index in [0.717, 1.165) is 16.3 Å². The number of H-pyrrole nitrogens is 1. The third kappa shape index (κ3) is 3.48. The largest absolute Gasteiger partial charge is 0.290 e. The van der Waals surface area contributed by atoms with Crippen LogP contribution in [0.1, 0.15) is 11.1 Å². The van der Waals surface area contributed by atoms with Crippen LogP contribution in [0.2, 0.25) is 0 Å². The number of anilines is 1. The average molecular weight is 366 g/mol. The smallest absolute Gasteiger partial charge is 0.270 e. The molecule has 0 spiro atoms. The van der Waals surface area contributed by atoms with Gasteiger partial charge in [-0.15, -0.1) is 0 Å². The minimum absolute atomic E-state index is 0.0391. The number of aromatic nitrogens is 3. The zero-order chi connectivity index (χ0) is 19.3. The van der Waals surface area contributed by atoms with Crippen LogP contribution in [0.4, 0.5) is 5.95 Å². The topological polar surface area (TPSA) is 107 Å². The number of hydrogen-bond donors (Lipinski definition) is 2. The Labute approximate surface area is 160 Å². The molecule has 0 fully saturated rings. The molecule has 0 amide bonds. The van der Waals surface area contributed by atoms with Crippen molar-refractivity contribution in [3.8, 4) is 17.3 Å². The molecule has 4 rings (SSSR count). The molecule has 28 heavy (non-hydrogen) atoms. The Morgan fingerprint density at radius 3 is 2.79 bits per heavy atom. The van der Waals surface area contributed by atoms with E-state index in [4.69, 9.17) is 0 Å². The lowest BCUT2D eigenvalue weighted by Crippen LogP contribution is -2.16. The van der Waals surface area contributed by atoms with E-state index >= 15 is 0 Å². The minimum Gasteiger partial charge on any atom is -0.290 e. The summed E-state index contributed by atoms with van der Waals surface area (Å²) in [6.45, 7) is 0. The summed E-state index contributed by atoms with van der Waals surface area (Å²) < 4.78 is 0. The molecule has 0 saturated carbocycles. The summed E-state index contributed by atoms with van der Waals surface area (Å²) in [7, 11) is 0. The van der Waals surface area contributed by atoms with Gasteiger partial charge in [-0.05, 0) is 23.1 Å². The Morgan fingerprint density at radius 1 is 1.11 bits per heavy atom. The molecule has 134 valence electrons. The first-order chi connectivity index (χ1) is 13.7. The molecule has 4 aromatic rings. The highest BCUT2D eigenvalue weighted by Crippen LogP contribution is 2.19. The third-order valence-electron chi connectivity index (χ3n) is 4.13. The number of pyridine rings is 1. The van der Waals surface area contributed by atoms with Crippen molar-refractivity contribution in [1.29, 1.82) is 5.26 Å². The third-order valence-corrected chi connectivity index (χ3v) is 4.13. The summed E-state index contributed by atoms with van der Waals surface area (Å²) in [6, 6.07) is 18.8. The van der Waals surface area contributed by atoms with Crippen LogP contribution in [-0.2, 0) is 0 Å². The molecule has 2 N–H and O–H groups in total. The molecular weight excluding hydrogens is 352 g/mol. The molecule has 2 aromatic heterocycles. The number of rotatable bonds is 4. The van der Waals surface area contributed by atoms with Crippen molar-refractivity contribution in [2.24, 2.45) is 5.10 Å². The fraction of sp³-hybridized carbons (Fsp3) is 0. The van der Waals surface area contributed by atoms with Gasteiger partial charge >= 0.3 is 0 Å². The van der Waals surface area contributed by atoms with Crippen molar-refractivity contribution in [2.45, 2.75) is 0 Å². The Morgan fingerprint density at radius 2 is 1.96 bits per heavy atom. The fourth-order valence-corrected chi connectivity index (χ4v) is 2.79. The highest BCUT2D eigenvalue weighted by atomic mass is 16.1. The maximum absolute atomic E-state index is 12.2. The lowest BCUT2D eigenvalue weighted by Gasteiger charge is -2.06. The first-order valence-corrected chi connectivity index (χ1v) is 8.47. The van der Waals surface area contributed by atoms with Crippen LogP contribution in [0.5, 0.6) is 0 Å². The van der Waals surface area contributed by atoms with E-state index in [2.05, 4.69) is 25.5 Å². The van der Waals surface area contributed by atoms with E-state index in [0.29, 0.717) is 11.3 Å². The second kappa shape index (κ2) is 7.51. The van der Waals surface area contributed by atoms with Crippen molar-refractivity contribution < 1.29 is 0 Å². The molecule has 0 bridgehead atoms. The summed E-state index contributed by atoms with van der Waals surface area (Å²) >= 11 is 0. The molecule has 0 unspecified atom stereocenters. The number of fused-ring (bicyclic) bond motifs is 1. The van der Waals surface area contributed by atoms with E-state index in [1.54, 1.807) is 30.7 Å². The fourth-order valence-electron chi connectivity index (χ4n) is 2.79. The summed E-state index contributed by atoms with van der Waals surface area (Å²) in [5.41, 5.74) is 4.01. The molecule has 0 radical (unpaired) electrons. The molecular formula is C21H14N6O. The molecule has 0 aliphatic carbocycles. The van der Waals surface area contributed by atoms with Gasteiger partial charge in [0.05, 0.1) is 11.9 Å². The number of aromatic amines is 1. The molecule has 0 atom stereocenters. The van der Waals surface area contributed by atoms with Gasteiger partial charge in [0, 0.05) is 23.3 Å². The van der Waals surface area contributed by atoms with Crippen LogP contribution in [0, 0.1) is 11.3 Å². The molecule has 0 aliphatic heterocycles. The van der Waals surface area contributed by atoms with E-state index in [-0.39, 0.29) is 11.5 Å². The number of hydrogen-bond acceptors (Lipinski definition) is 6. The summed E-state index contributed by atoms with van der Waals surface area (Å²) in [5, 5.41) is 15.5.